The van der Waals surface area contributed by atoms with Crippen LogP contribution in [0.2, 0.25) is 15.3 Å². The van der Waals surface area contributed by atoms with Gasteiger partial charge < -0.3 is 0 Å². The Kier molecular flexibility index (Phi) is 8.77. The summed E-state index contributed by atoms with van der Waals surface area (Å²) in [4.78, 5) is 21.4. The number of hydrogen-bond acceptors (Lipinski definition) is 4. The van der Waals surface area contributed by atoms with Crippen LogP contribution in [0.15, 0.2) is 54.7 Å². The Bertz CT molecular complexity index is 1010. The van der Waals surface area contributed by atoms with Crippen LogP contribution >= 0.6 is 23.2 Å². The SMILES string of the molecule is CC(C)Oc1ccc(-c2ccnc([AsH]CCCNC(=O)c3c(Cl)cccc3Cl)n2)cc1. The topological polar surface area (TPSA) is 64.1 Å². The van der Waals surface area contributed by atoms with Gasteiger partial charge in [-0.05, 0) is 0 Å². The fourth-order valence-corrected chi connectivity index (χ4v) is 5.42. The minimum absolute atomic E-state index is 0.147. The average molecular weight is 520 g/mol. The molecule has 3 rings (SSSR count). The number of rotatable bonds is 9. The number of benzene rings is 2. The van der Waals surface area contributed by atoms with Crippen molar-refractivity contribution in [3.8, 4) is 17.0 Å². The second-order valence-electron chi connectivity index (χ2n) is 7.09. The van der Waals surface area contributed by atoms with Gasteiger partial charge in [0.1, 0.15) is 0 Å². The number of amides is 1. The van der Waals surface area contributed by atoms with Crippen LogP contribution in [-0.2, 0) is 0 Å². The molecule has 1 unspecified atom stereocenters. The summed E-state index contributed by atoms with van der Waals surface area (Å²) < 4.78 is 6.59. The first-order chi connectivity index (χ1) is 14.9. The average Bonchev–Trinajstić information content (AvgIpc) is 2.74. The van der Waals surface area contributed by atoms with Crippen LogP contribution in [0.25, 0.3) is 11.3 Å². The monoisotopic (exact) mass is 519 g/mol. The Morgan fingerprint density at radius 3 is 2.48 bits per heavy atom. The third kappa shape index (κ3) is 6.96. The number of ether oxygens (including phenoxy) is 1. The van der Waals surface area contributed by atoms with E-state index in [2.05, 4.69) is 10.3 Å². The third-order valence-electron chi connectivity index (χ3n) is 4.29. The number of carbonyl (C=O) groups is 1. The second-order valence-corrected chi connectivity index (χ2v) is 10.6. The molecule has 1 amide bonds. The van der Waals surface area contributed by atoms with Crippen molar-refractivity contribution in [2.24, 2.45) is 0 Å². The predicted molar refractivity (Wildman–Crippen MR) is 128 cm³/mol. The number of halogens is 2. The van der Waals surface area contributed by atoms with Crippen LogP contribution in [-0.4, -0.2) is 44.3 Å². The standard InChI is InChI=1S/C23H24AsCl2N3O2/c1-15(2)31-17-9-7-16(8-10-17)20-11-14-28-23(29-20)24-12-4-13-27-22(30)21-18(25)5-3-6-19(21)26/h3,5-11,14-15,24H,4,12-13H2,1-2H3,(H,27,30). The van der Waals surface area contributed by atoms with Crippen LogP contribution in [0.1, 0.15) is 30.6 Å². The van der Waals surface area contributed by atoms with Crippen LogP contribution in [0.3, 0.4) is 0 Å². The van der Waals surface area contributed by atoms with E-state index < -0.39 is 15.8 Å². The summed E-state index contributed by atoms with van der Waals surface area (Å²) in [5.41, 5.74) is 2.27. The van der Waals surface area contributed by atoms with Crippen molar-refractivity contribution < 1.29 is 9.53 Å². The molecule has 1 N–H and O–H groups in total. The molecule has 31 heavy (non-hydrogen) atoms. The van der Waals surface area contributed by atoms with E-state index in [1.165, 1.54) is 0 Å². The van der Waals surface area contributed by atoms with E-state index in [1.54, 1.807) is 24.4 Å². The zero-order valence-corrected chi connectivity index (χ0v) is 21.0. The fraction of sp³-hybridized carbons (Fsp3) is 0.261. The van der Waals surface area contributed by atoms with Gasteiger partial charge in [-0.1, -0.05) is 0 Å². The predicted octanol–water partition coefficient (Wildman–Crippen LogP) is 4.54. The number of aromatic nitrogens is 2. The van der Waals surface area contributed by atoms with Crippen molar-refractivity contribution in [1.82, 2.24) is 15.3 Å². The first-order valence-electron chi connectivity index (χ1n) is 10.0. The maximum absolute atomic E-state index is 12.3. The number of nitrogens with one attached hydrogen (secondary N) is 1. The van der Waals surface area contributed by atoms with Gasteiger partial charge in [-0.25, -0.2) is 0 Å². The van der Waals surface area contributed by atoms with Crippen LogP contribution < -0.4 is 14.7 Å². The Balaban J connectivity index is 1.49. The van der Waals surface area contributed by atoms with Gasteiger partial charge >= 0.3 is 200 Å². The molecule has 5 nitrogen and oxygen atoms in total. The van der Waals surface area contributed by atoms with E-state index in [0.29, 0.717) is 22.2 Å². The van der Waals surface area contributed by atoms with Crippen molar-refractivity contribution in [1.29, 1.82) is 0 Å². The quantitative estimate of drug-likeness (QED) is 0.333. The summed E-state index contributed by atoms with van der Waals surface area (Å²) in [6.45, 7) is 4.57. The van der Waals surface area contributed by atoms with Gasteiger partial charge in [-0.2, -0.15) is 0 Å². The van der Waals surface area contributed by atoms with Gasteiger partial charge in [0, 0.05) is 0 Å². The molecule has 162 valence electrons. The van der Waals surface area contributed by atoms with Crippen LogP contribution in [0.4, 0.5) is 0 Å². The van der Waals surface area contributed by atoms with E-state index in [1.807, 2.05) is 44.2 Å². The molecular weight excluding hydrogens is 496 g/mol. The summed E-state index contributed by atoms with van der Waals surface area (Å²) >= 11 is 11.7. The molecular formula is C23H24AsCl2N3O2. The van der Waals surface area contributed by atoms with Gasteiger partial charge in [0.25, 0.3) is 0 Å². The Labute approximate surface area is 199 Å². The van der Waals surface area contributed by atoms with Crippen molar-refractivity contribution in [3.05, 3.63) is 70.3 Å². The first kappa shape index (κ1) is 23.6. The van der Waals surface area contributed by atoms with E-state index in [9.17, 15) is 4.79 Å². The Hall–Kier alpha value is -2.07. The summed E-state index contributed by atoms with van der Waals surface area (Å²) in [7, 11) is 0. The minimum atomic E-state index is -0.498. The third-order valence-corrected chi connectivity index (χ3v) is 7.35. The van der Waals surface area contributed by atoms with Gasteiger partial charge in [0.05, 0.1) is 0 Å². The van der Waals surface area contributed by atoms with Gasteiger partial charge in [0.2, 0.25) is 0 Å². The molecule has 0 spiro atoms. The molecule has 0 aliphatic heterocycles. The number of hydrogen-bond donors (Lipinski definition) is 1. The summed E-state index contributed by atoms with van der Waals surface area (Å²) in [6, 6.07) is 14.9. The van der Waals surface area contributed by atoms with E-state index in [4.69, 9.17) is 32.9 Å². The Morgan fingerprint density at radius 1 is 1.10 bits per heavy atom. The molecule has 0 radical (unpaired) electrons. The van der Waals surface area contributed by atoms with E-state index in [0.717, 1.165) is 33.2 Å². The molecule has 0 saturated carbocycles. The van der Waals surface area contributed by atoms with Gasteiger partial charge in [0.15, 0.2) is 0 Å². The zero-order chi connectivity index (χ0) is 22.2. The second kappa shape index (κ2) is 11.5. The van der Waals surface area contributed by atoms with E-state index in [-0.39, 0.29) is 12.0 Å². The molecule has 1 heterocycles. The zero-order valence-electron chi connectivity index (χ0n) is 17.4. The fourth-order valence-electron chi connectivity index (χ4n) is 2.87. The molecule has 8 heteroatoms. The molecule has 3 aromatic rings. The summed E-state index contributed by atoms with van der Waals surface area (Å²) in [5, 5.41) is 4.56. The van der Waals surface area contributed by atoms with E-state index >= 15 is 0 Å². The summed E-state index contributed by atoms with van der Waals surface area (Å²) in [6.07, 6.45) is 2.80. The first-order valence-corrected chi connectivity index (χ1v) is 13.3. The molecule has 2 aromatic carbocycles. The van der Waals surface area contributed by atoms with Crippen LogP contribution in [0, 0.1) is 0 Å². The molecule has 1 aromatic heterocycles. The molecule has 0 bridgehead atoms. The van der Waals surface area contributed by atoms with Crippen molar-refractivity contribution >= 4 is 49.5 Å². The van der Waals surface area contributed by atoms with Gasteiger partial charge in [-0.3, -0.25) is 0 Å². The summed E-state index contributed by atoms with van der Waals surface area (Å²) in [5.74, 6) is 0.598. The van der Waals surface area contributed by atoms with Crippen molar-refractivity contribution in [2.45, 2.75) is 31.6 Å². The van der Waals surface area contributed by atoms with Crippen molar-refractivity contribution in [2.75, 3.05) is 6.54 Å². The maximum atomic E-state index is 12.3. The number of nitrogens with zero attached hydrogens (tertiary/aromatic N) is 2. The Morgan fingerprint density at radius 2 is 1.81 bits per heavy atom. The van der Waals surface area contributed by atoms with Gasteiger partial charge in [-0.15, -0.1) is 0 Å². The number of carbonyl (C=O) groups excluding carboxylic acids is 1. The van der Waals surface area contributed by atoms with Crippen molar-refractivity contribution in [3.63, 3.8) is 0 Å². The molecule has 0 aliphatic carbocycles. The molecule has 0 saturated heterocycles. The normalized spacial score (nSPS) is 11.3. The molecule has 1 atom stereocenters. The molecule has 0 aliphatic rings. The molecule has 0 fully saturated rings. The van der Waals surface area contributed by atoms with Crippen LogP contribution in [0.5, 0.6) is 5.75 Å².